The van der Waals surface area contributed by atoms with Crippen LogP contribution < -0.4 is 0 Å². The summed E-state index contributed by atoms with van der Waals surface area (Å²) in [5.74, 6) is -2.46. The van der Waals surface area contributed by atoms with Gasteiger partial charge in [-0.1, -0.05) is 11.6 Å². The van der Waals surface area contributed by atoms with Gasteiger partial charge in [-0.25, -0.2) is 13.8 Å². The zero-order valence-electron chi connectivity index (χ0n) is 19.1. The summed E-state index contributed by atoms with van der Waals surface area (Å²) >= 11 is 5.90. The molecule has 0 spiro atoms. The van der Waals surface area contributed by atoms with Crippen LogP contribution in [0.1, 0.15) is 49.9 Å². The number of carbonyl (C=O) groups excluding carboxylic acids is 1. The van der Waals surface area contributed by atoms with Gasteiger partial charge in [0.25, 0.3) is 0 Å². The molecule has 0 unspecified atom stereocenters. The van der Waals surface area contributed by atoms with Crippen molar-refractivity contribution in [2.24, 2.45) is 5.41 Å². The molecule has 0 radical (unpaired) electrons. The van der Waals surface area contributed by atoms with Crippen molar-refractivity contribution in [2.45, 2.75) is 52.6 Å². The van der Waals surface area contributed by atoms with E-state index in [2.05, 4.69) is 4.98 Å². The summed E-state index contributed by atoms with van der Waals surface area (Å²) in [5, 5.41) is 10.0. The third-order valence-electron chi connectivity index (χ3n) is 6.59. The number of rotatable bonds is 7. The predicted molar refractivity (Wildman–Crippen MR) is 125 cm³/mol. The lowest BCUT2D eigenvalue weighted by atomic mass is 9.87. The number of carboxylic acid groups (broad SMARTS) is 1. The SMILES string of the molecule is CC(C)(CCCC(=O)N1CCc2c(n(Cc3c(F)ccc(Cl)c3F)c3ncccc23)C1)C(=O)O. The van der Waals surface area contributed by atoms with Gasteiger partial charge in [-0.05, 0) is 62.9 Å². The van der Waals surface area contributed by atoms with Crippen molar-refractivity contribution in [3.05, 3.63) is 63.9 Å². The Morgan fingerprint density at radius 2 is 2.00 bits per heavy atom. The summed E-state index contributed by atoms with van der Waals surface area (Å²) < 4.78 is 30.9. The van der Waals surface area contributed by atoms with Crippen LogP contribution in [0.5, 0.6) is 0 Å². The number of carbonyl (C=O) groups is 2. The average molecular weight is 490 g/mol. The van der Waals surface area contributed by atoms with Crippen molar-refractivity contribution in [1.29, 1.82) is 0 Å². The van der Waals surface area contributed by atoms with Gasteiger partial charge in [-0.15, -0.1) is 0 Å². The highest BCUT2D eigenvalue weighted by Crippen LogP contribution is 2.32. The Morgan fingerprint density at radius 1 is 1.24 bits per heavy atom. The van der Waals surface area contributed by atoms with Crippen LogP contribution in [0, 0.1) is 17.0 Å². The molecule has 1 N–H and O–H groups in total. The molecule has 1 aliphatic heterocycles. The lowest BCUT2D eigenvalue weighted by molar-refractivity contribution is -0.147. The summed E-state index contributed by atoms with van der Waals surface area (Å²) in [6.07, 6.45) is 3.32. The molecule has 0 bridgehead atoms. The van der Waals surface area contributed by atoms with Crippen molar-refractivity contribution >= 4 is 34.5 Å². The Hall–Kier alpha value is -3.00. The molecule has 1 amide bonds. The highest BCUT2D eigenvalue weighted by Gasteiger charge is 2.30. The average Bonchev–Trinajstić information content (AvgIpc) is 3.12. The maximum absolute atomic E-state index is 14.7. The molecule has 0 fully saturated rings. The van der Waals surface area contributed by atoms with Crippen LogP contribution in [0.4, 0.5) is 8.78 Å². The van der Waals surface area contributed by atoms with Crippen molar-refractivity contribution in [2.75, 3.05) is 6.54 Å². The Labute approximate surface area is 201 Å². The number of hydrogen-bond donors (Lipinski definition) is 1. The number of aromatic nitrogens is 2. The van der Waals surface area contributed by atoms with E-state index in [1.54, 1.807) is 29.5 Å². The number of pyridine rings is 1. The van der Waals surface area contributed by atoms with E-state index >= 15 is 0 Å². The summed E-state index contributed by atoms with van der Waals surface area (Å²) in [4.78, 5) is 30.4. The van der Waals surface area contributed by atoms with Crippen LogP contribution in [-0.4, -0.2) is 38.0 Å². The van der Waals surface area contributed by atoms with Crippen molar-refractivity contribution < 1.29 is 23.5 Å². The number of benzene rings is 1. The lowest BCUT2D eigenvalue weighted by Crippen LogP contribution is -2.37. The van der Waals surface area contributed by atoms with E-state index in [4.69, 9.17) is 11.6 Å². The zero-order chi connectivity index (χ0) is 24.6. The molecule has 3 heterocycles. The molecule has 0 saturated heterocycles. The molecule has 180 valence electrons. The minimum Gasteiger partial charge on any atom is -0.481 e. The molecule has 34 heavy (non-hydrogen) atoms. The summed E-state index contributed by atoms with van der Waals surface area (Å²) in [6.45, 7) is 3.99. The second-order valence-electron chi connectivity index (χ2n) is 9.32. The van der Waals surface area contributed by atoms with Crippen molar-refractivity contribution in [3.8, 4) is 0 Å². The second-order valence-corrected chi connectivity index (χ2v) is 9.72. The van der Waals surface area contributed by atoms with Crippen LogP contribution in [0.25, 0.3) is 11.0 Å². The maximum Gasteiger partial charge on any atom is 0.309 e. The van der Waals surface area contributed by atoms with Crippen LogP contribution >= 0.6 is 11.6 Å². The molecule has 1 aromatic carbocycles. The quantitative estimate of drug-likeness (QED) is 0.464. The first-order valence-corrected chi connectivity index (χ1v) is 11.6. The zero-order valence-corrected chi connectivity index (χ0v) is 19.8. The smallest absolute Gasteiger partial charge is 0.309 e. The normalized spacial score (nSPS) is 13.9. The Balaban J connectivity index is 1.61. The molecule has 2 aromatic heterocycles. The van der Waals surface area contributed by atoms with Gasteiger partial charge < -0.3 is 14.6 Å². The molecular weight excluding hydrogens is 464 g/mol. The van der Waals surface area contributed by atoms with Crippen LogP contribution in [-0.2, 0) is 29.1 Å². The molecule has 0 aliphatic carbocycles. The summed E-state index contributed by atoms with van der Waals surface area (Å²) in [6, 6.07) is 6.06. The van der Waals surface area contributed by atoms with E-state index in [-0.39, 0.29) is 36.0 Å². The first-order valence-electron chi connectivity index (χ1n) is 11.2. The monoisotopic (exact) mass is 489 g/mol. The Kier molecular flexibility index (Phi) is 6.62. The predicted octanol–water partition coefficient (Wildman–Crippen LogP) is 5.18. The maximum atomic E-state index is 14.7. The third kappa shape index (κ3) is 4.51. The molecule has 4 rings (SSSR count). The summed E-state index contributed by atoms with van der Waals surface area (Å²) in [5.41, 5.74) is 1.36. The van der Waals surface area contributed by atoms with E-state index in [1.165, 1.54) is 6.07 Å². The van der Waals surface area contributed by atoms with E-state index in [0.29, 0.717) is 31.5 Å². The largest absolute Gasteiger partial charge is 0.481 e. The highest BCUT2D eigenvalue weighted by molar-refractivity contribution is 6.30. The molecule has 9 heteroatoms. The van der Waals surface area contributed by atoms with Gasteiger partial charge in [-0.3, -0.25) is 9.59 Å². The van der Waals surface area contributed by atoms with Crippen LogP contribution in [0.3, 0.4) is 0 Å². The Morgan fingerprint density at radius 3 is 2.74 bits per heavy atom. The van der Waals surface area contributed by atoms with Gasteiger partial charge in [0, 0.05) is 35.8 Å². The van der Waals surface area contributed by atoms with Crippen molar-refractivity contribution in [3.63, 3.8) is 0 Å². The highest BCUT2D eigenvalue weighted by atomic mass is 35.5. The fraction of sp³-hybridized carbons (Fsp3) is 0.400. The number of amides is 1. The molecule has 3 aromatic rings. The van der Waals surface area contributed by atoms with Gasteiger partial charge in [0.1, 0.15) is 17.3 Å². The van der Waals surface area contributed by atoms with E-state index in [9.17, 15) is 23.5 Å². The van der Waals surface area contributed by atoms with Gasteiger partial charge in [0.05, 0.1) is 23.5 Å². The number of fused-ring (bicyclic) bond motifs is 3. The molecule has 0 saturated carbocycles. The molecular formula is C25H26ClF2N3O3. The number of carboxylic acids is 1. The summed E-state index contributed by atoms with van der Waals surface area (Å²) in [7, 11) is 0. The van der Waals surface area contributed by atoms with Crippen LogP contribution in [0.15, 0.2) is 30.5 Å². The fourth-order valence-electron chi connectivity index (χ4n) is 4.46. The van der Waals surface area contributed by atoms with Gasteiger partial charge in [-0.2, -0.15) is 0 Å². The third-order valence-corrected chi connectivity index (χ3v) is 6.89. The van der Waals surface area contributed by atoms with Gasteiger partial charge >= 0.3 is 5.97 Å². The first-order chi connectivity index (χ1) is 16.1. The fourth-order valence-corrected chi connectivity index (χ4v) is 4.64. The van der Waals surface area contributed by atoms with E-state index in [1.807, 2.05) is 12.1 Å². The Bertz CT molecular complexity index is 1270. The minimum absolute atomic E-state index is 0.0725. The number of nitrogens with zero attached hydrogens (tertiary/aromatic N) is 3. The van der Waals surface area contributed by atoms with E-state index in [0.717, 1.165) is 22.7 Å². The van der Waals surface area contributed by atoms with Gasteiger partial charge in [0.2, 0.25) is 5.91 Å². The lowest BCUT2D eigenvalue weighted by Gasteiger charge is -2.29. The van der Waals surface area contributed by atoms with E-state index < -0.39 is 23.0 Å². The molecule has 1 aliphatic rings. The number of halogens is 3. The van der Waals surface area contributed by atoms with Gasteiger partial charge in [0.15, 0.2) is 0 Å². The van der Waals surface area contributed by atoms with Crippen molar-refractivity contribution in [1.82, 2.24) is 14.5 Å². The molecule has 0 atom stereocenters. The van der Waals surface area contributed by atoms with Crippen LogP contribution in [0.2, 0.25) is 5.02 Å². The second kappa shape index (κ2) is 9.33. The number of hydrogen-bond acceptors (Lipinski definition) is 3. The standard InChI is InChI=1S/C25H26ClF2N3O3/c1-25(2,24(33)34)10-3-6-21(32)30-12-9-15-16-5-4-11-29-23(16)31(20(15)14-30)13-17-19(27)8-7-18(26)22(17)28/h4-5,7-8,11H,3,6,9-10,12-14H2,1-2H3,(H,33,34). The topological polar surface area (TPSA) is 75.4 Å². The minimum atomic E-state index is -0.890. The first kappa shape index (κ1) is 24.1. The number of aliphatic carboxylic acids is 1. The molecule has 6 nitrogen and oxygen atoms in total.